The number of thiophene rings is 1. The van der Waals surface area contributed by atoms with Crippen molar-refractivity contribution in [2.45, 2.75) is 128 Å². The second-order valence-electron chi connectivity index (χ2n) is 8.81. The van der Waals surface area contributed by atoms with Crippen LogP contribution in [0.1, 0.15) is 117 Å². The third-order valence-electron chi connectivity index (χ3n) is 6.10. The fraction of sp³-hybridized carbons (Fsp3) is 0.741. The molecule has 0 aromatic carbocycles. The van der Waals surface area contributed by atoms with E-state index in [2.05, 4.69) is 42.9 Å². The molecule has 0 unspecified atom stereocenters. The Labute approximate surface area is 197 Å². The molecule has 0 radical (unpaired) electrons. The minimum absolute atomic E-state index is 0.677. The van der Waals surface area contributed by atoms with Gasteiger partial charge in [0.1, 0.15) is 0 Å². The average molecular weight is 496 g/mol. The van der Waals surface area contributed by atoms with Crippen molar-refractivity contribution in [3.63, 3.8) is 0 Å². The van der Waals surface area contributed by atoms with E-state index in [9.17, 15) is 0 Å². The van der Waals surface area contributed by atoms with Gasteiger partial charge in [-0.3, -0.25) is 0 Å². The summed E-state index contributed by atoms with van der Waals surface area (Å²) in [4.78, 5) is 0. The molecule has 0 aliphatic carbocycles. The molecule has 170 valence electrons. The zero-order valence-corrected chi connectivity index (χ0v) is 22.3. The Morgan fingerprint density at radius 1 is 0.733 bits per heavy atom. The van der Waals surface area contributed by atoms with Crippen molar-refractivity contribution in [3.05, 3.63) is 24.5 Å². The summed E-state index contributed by atoms with van der Waals surface area (Å²) in [5.74, 6) is 0. The standard InChI is InChI=1S/C27H46NSSe/c1-3-5-6-7-8-9-10-11-12-13-14-15-16-17-18-19-22-30-27-23-25-20-21-28(4-2)24-26(25)29-27/h20-21,23-24H,3-19,22H2,1-2H3/q+1. The Morgan fingerprint density at radius 3 is 1.80 bits per heavy atom. The predicted molar refractivity (Wildman–Crippen MR) is 137 cm³/mol. The first-order valence-electron chi connectivity index (χ1n) is 12.9. The molecule has 2 rings (SSSR count). The van der Waals surface area contributed by atoms with Crippen LogP contribution in [0.5, 0.6) is 0 Å². The molecule has 0 N–H and O–H groups in total. The van der Waals surface area contributed by atoms with Crippen LogP contribution in [0.25, 0.3) is 10.1 Å². The fourth-order valence-corrected chi connectivity index (χ4v) is 7.94. The van der Waals surface area contributed by atoms with Gasteiger partial charge in [-0.25, -0.2) is 0 Å². The Hall–Kier alpha value is -0.371. The van der Waals surface area contributed by atoms with E-state index in [1.807, 2.05) is 11.3 Å². The molecule has 0 aliphatic rings. The quantitative estimate of drug-likeness (QED) is 0.105. The minimum atomic E-state index is 0.677. The molecule has 30 heavy (non-hydrogen) atoms. The van der Waals surface area contributed by atoms with Crippen LogP contribution in [0.15, 0.2) is 24.5 Å². The van der Waals surface area contributed by atoms with E-state index in [4.69, 9.17) is 0 Å². The predicted octanol–water partition coefficient (Wildman–Crippen LogP) is 8.22. The van der Waals surface area contributed by atoms with Gasteiger partial charge in [-0.05, 0) is 0 Å². The molecular weight excluding hydrogens is 449 g/mol. The Morgan fingerprint density at radius 2 is 1.27 bits per heavy atom. The van der Waals surface area contributed by atoms with E-state index in [0.29, 0.717) is 15.0 Å². The maximum absolute atomic E-state index is 2.44. The van der Waals surface area contributed by atoms with E-state index in [1.165, 1.54) is 118 Å². The number of hydrogen-bond donors (Lipinski definition) is 0. The number of rotatable bonds is 19. The Kier molecular flexibility index (Phi) is 14.9. The van der Waals surface area contributed by atoms with E-state index in [1.54, 1.807) is 3.78 Å². The molecule has 3 heteroatoms. The van der Waals surface area contributed by atoms with Crippen molar-refractivity contribution in [2.75, 3.05) is 0 Å². The summed E-state index contributed by atoms with van der Waals surface area (Å²) in [6.07, 6.45) is 27.9. The van der Waals surface area contributed by atoms with Gasteiger partial charge in [0, 0.05) is 0 Å². The van der Waals surface area contributed by atoms with Crippen LogP contribution < -0.4 is 8.34 Å². The van der Waals surface area contributed by atoms with Crippen molar-refractivity contribution < 1.29 is 4.57 Å². The summed E-state index contributed by atoms with van der Waals surface area (Å²) in [6, 6.07) is 4.72. The first-order chi connectivity index (χ1) is 14.8. The molecule has 0 bridgehead atoms. The van der Waals surface area contributed by atoms with Gasteiger partial charge in [0.15, 0.2) is 0 Å². The second kappa shape index (κ2) is 17.2. The number of unbranched alkanes of at least 4 members (excludes halogenated alkanes) is 15. The van der Waals surface area contributed by atoms with Crippen molar-refractivity contribution >= 4 is 40.2 Å². The number of hydrogen-bond acceptors (Lipinski definition) is 1. The van der Waals surface area contributed by atoms with Crippen LogP contribution in [-0.2, 0) is 6.54 Å². The maximum atomic E-state index is 2.44. The second-order valence-corrected chi connectivity index (χ2v) is 12.9. The van der Waals surface area contributed by atoms with Crippen molar-refractivity contribution in [1.82, 2.24) is 0 Å². The molecule has 0 aliphatic heterocycles. The van der Waals surface area contributed by atoms with E-state index < -0.39 is 0 Å². The molecule has 0 saturated heterocycles. The van der Waals surface area contributed by atoms with Gasteiger partial charge < -0.3 is 0 Å². The summed E-state index contributed by atoms with van der Waals surface area (Å²) in [7, 11) is 0. The summed E-state index contributed by atoms with van der Waals surface area (Å²) in [5.41, 5.74) is 0. The SMILES string of the molecule is CCCCCCCCCCCCCCCCCC[Se]c1cc2cc[n+](CC)cc2s1. The van der Waals surface area contributed by atoms with Crippen molar-refractivity contribution in [3.8, 4) is 0 Å². The molecule has 0 atom stereocenters. The number of aromatic nitrogens is 1. The zero-order chi connectivity index (χ0) is 21.3. The number of aryl methyl sites for hydroxylation is 1. The number of pyridine rings is 1. The van der Waals surface area contributed by atoms with Crippen LogP contribution in [0.3, 0.4) is 0 Å². The van der Waals surface area contributed by atoms with Crippen LogP contribution in [0.2, 0.25) is 5.32 Å². The van der Waals surface area contributed by atoms with Gasteiger partial charge >= 0.3 is 159 Å². The summed E-state index contributed by atoms with van der Waals surface area (Å²) in [6.45, 7) is 5.57. The third-order valence-corrected chi connectivity index (χ3v) is 10.00. The van der Waals surface area contributed by atoms with Gasteiger partial charge in [0.2, 0.25) is 0 Å². The first kappa shape index (κ1) is 25.9. The van der Waals surface area contributed by atoms with Crippen LogP contribution in [0.4, 0.5) is 0 Å². The van der Waals surface area contributed by atoms with Gasteiger partial charge in [-0.1, -0.05) is 39.0 Å². The third kappa shape index (κ3) is 11.3. The van der Waals surface area contributed by atoms with Crippen LogP contribution in [-0.4, -0.2) is 15.0 Å². The van der Waals surface area contributed by atoms with E-state index >= 15 is 0 Å². The molecule has 2 aromatic rings. The molecule has 2 aromatic heterocycles. The van der Waals surface area contributed by atoms with Gasteiger partial charge in [0.05, 0.1) is 0 Å². The molecule has 0 amide bonds. The van der Waals surface area contributed by atoms with Gasteiger partial charge in [-0.2, -0.15) is 0 Å². The van der Waals surface area contributed by atoms with Crippen LogP contribution >= 0.6 is 11.3 Å². The molecule has 0 fully saturated rings. The van der Waals surface area contributed by atoms with Gasteiger partial charge in [-0.15, -0.1) is 0 Å². The number of nitrogens with zero attached hydrogens (tertiary/aromatic N) is 1. The molecular formula is C27H46NSSe+. The average Bonchev–Trinajstić information content (AvgIpc) is 3.17. The molecule has 0 spiro atoms. The Bertz CT molecular complexity index is 666. The molecule has 0 saturated carbocycles. The summed E-state index contributed by atoms with van der Waals surface area (Å²) < 4.78 is 5.38. The zero-order valence-electron chi connectivity index (χ0n) is 19.8. The fourth-order valence-electron chi connectivity index (χ4n) is 4.09. The van der Waals surface area contributed by atoms with Crippen LogP contribution in [0, 0.1) is 0 Å². The summed E-state index contributed by atoms with van der Waals surface area (Å²) >= 11 is 2.70. The normalized spacial score (nSPS) is 11.5. The molecule has 2 heterocycles. The van der Waals surface area contributed by atoms with Gasteiger partial charge in [0.25, 0.3) is 0 Å². The molecule has 1 nitrogen and oxygen atoms in total. The van der Waals surface area contributed by atoms with E-state index in [0.717, 1.165) is 6.54 Å². The van der Waals surface area contributed by atoms with Crippen molar-refractivity contribution in [2.24, 2.45) is 0 Å². The topological polar surface area (TPSA) is 3.88 Å². The van der Waals surface area contributed by atoms with Crippen molar-refractivity contribution in [1.29, 1.82) is 0 Å². The first-order valence-corrected chi connectivity index (χ1v) is 15.8. The number of fused-ring (bicyclic) bond motifs is 1. The van der Waals surface area contributed by atoms with E-state index in [-0.39, 0.29) is 0 Å². The Balaban J connectivity index is 1.35. The summed E-state index contributed by atoms with van der Waals surface area (Å²) in [5, 5.41) is 2.86. The monoisotopic (exact) mass is 496 g/mol.